The lowest BCUT2D eigenvalue weighted by Crippen LogP contribution is -2.55. The zero-order chi connectivity index (χ0) is 24.6. The summed E-state index contributed by atoms with van der Waals surface area (Å²) in [6, 6.07) is 12.6. The van der Waals surface area contributed by atoms with E-state index in [1.807, 2.05) is 24.3 Å². The smallest absolute Gasteiger partial charge is 0.339 e. The van der Waals surface area contributed by atoms with Gasteiger partial charge in [0.1, 0.15) is 17.9 Å². The van der Waals surface area contributed by atoms with Crippen LogP contribution in [0.1, 0.15) is 17.5 Å². The predicted octanol–water partition coefficient (Wildman–Crippen LogP) is 2.17. The summed E-state index contributed by atoms with van der Waals surface area (Å²) in [6.07, 6.45) is 1.90. The van der Waals surface area contributed by atoms with E-state index in [0.29, 0.717) is 49.0 Å². The zero-order valence-corrected chi connectivity index (χ0v) is 19.7. The van der Waals surface area contributed by atoms with Gasteiger partial charge < -0.3 is 28.4 Å². The number of fused-ring (bicyclic) bond motifs is 4. The van der Waals surface area contributed by atoms with Crippen molar-refractivity contribution in [3.8, 4) is 17.2 Å². The number of carbonyl (C=O) groups is 2. The molecule has 3 aromatic rings. The van der Waals surface area contributed by atoms with Crippen LogP contribution in [0.5, 0.6) is 17.2 Å². The number of rotatable bonds is 4. The second-order valence-corrected chi connectivity index (χ2v) is 9.22. The molecule has 1 fully saturated rings. The van der Waals surface area contributed by atoms with E-state index in [1.54, 1.807) is 28.0 Å². The number of benzene rings is 2. The van der Waals surface area contributed by atoms with Gasteiger partial charge in [-0.25, -0.2) is 4.79 Å². The maximum absolute atomic E-state index is 12.9. The topological polar surface area (TPSA) is 98.5 Å². The molecule has 0 bridgehead atoms. The molecule has 186 valence electrons. The number of hydrogen-bond donors (Lipinski definition) is 0. The molecule has 6 rings (SSSR count). The number of aryl methyl sites for hydroxylation is 1. The predicted molar refractivity (Wildman–Crippen MR) is 130 cm³/mol. The Morgan fingerprint density at radius 3 is 2.53 bits per heavy atom. The molecule has 1 aromatic heterocycles. The van der Waals surface area contributed by atoms with E-state index < -0.39 is 6.10 Å². The number of amides is 2. The summed E-state index contributed by atoms with van der Waals surface area (Å²) in [4.78, 5) is 41.3. The van der Waals surface area contributed by atoms with Crippen molar-refractivity contribution in [2.24, 2.45) is 0 Å². The lowest BCUT2D eigenvalue weighted by Gasteiger charge is -2.37. The normalized spacial score (nSPS) is 18.7. The first-order chi connectivity index (χ1) is 17.6. The SMILES string of the molecule is O=C(COc1ccc2c3c(c(=O)oc2c1)CCC3)N1CCN(C(=O)[C@H]2COc3ccccc3O2)CC1. The molecule has 1 atom stereocenters. The molecule has 3 heterocycles. The fraction of sp³-hybridized carbons (Fsp3) is 0.370. The van der Waals surface area contributed by atoms with Crippen molar-refractivity contribution in [1.29, 1.82) is 0 Å². The van der Waals surface area contributed by atoms with Gasteiger partial charge in [0.25, 0.3) is 11.8 Å². The molecule has 3 aliphatic rings. The first-order valence-electron chi connectivity index (χ1n) is 12.2. The summed E-state index contributed by atoms with van der Waals surface area (Å²) in [7, 11) is 0. The largest absolute Gasteiger partial charge is 0.485 e. The Morgan fingerprint density at radius 1 is 0.944 bits per heavy atom. The molecule has 1 saturated heterocycles. The monoisotopic (exact) mass is 490 g/mol. The molecular formula is C27H26N2O7. The summed E-state index contributed by atoms with van der Waals surface area (Å²) in [5.41, 5.74) is 2.03. The molecule has 0 saturated carbocycles. The standard InChI is InChI=1S/C27H26N2O7/c30-25(16-33-17-8-9-19-18-4-3-5-20(18)27(32)36-23(19)14-17)28-10-12-29(13-11-28)26(31)24-15-34-21-6-1-2-7-22(21)35-24/h1-2,6-9,14,24H,3-5,10-13,15-16H2/t24-/m1/s1. The van der Waals surface area contributed by atoms with Crippen molar-refractivity contribution in [2.75, 3.05) is 39.4 Å². The van der Waals surface area contributed by atoms with Crippen molar-refractivity contribution in [3.05, 3.63) is 64.0 Å². The summed E-state index contributed by atoms with van der Waals surface area (Å²) in [5.74, 6) is 1.36. The average molecular weight is 491 g/mol. The maximum Gasteiger partial charge on any atom is 0.339 e. The lowest BCUT2D eigenvalue weighted by atomic mass is 10.1. The first-order valence-corrected chi connectivity index (χ1v) is 12.2. The minimum atomic E-state index is -0.695. The highest BCUT2D eigenvalue weighted by Crippen LogP contribution is 2.32. The van der Waals surface area contributed by atoms with E-state index >= 15 is 0 Å². The van der Waals surface area contributed by atoms with E-state index in [9.17, 15) is 14.4 Å². The van der Waals surface area contributed by atoms with E-state index in [1.165, 1.54) is 0 Å². The summed E-state index contributed by atoms with van der Waals surface area (Å²) in [6.45, 7) is 1.69. The highest BCUT2D eigenvalue weighted by molar-refractivity contribution is 5.84. The first kappa shape index (κ1) is 22.5. The van der Waals surface area contributed by atoms with E-state index in [0.717, 1.165) is 35.8 Å². The van der Waals surface area contributed by atoms with Crippen LogP contribution in [-0.4, -0.2) is 67.1 Å². The van der Waals surface area contributed by atoms with Gasteiger partial charge in [0, 0.05) is 43.2 Å². The Hall–Kier alpha value is -4.01. The molecule has 0 spiro atoms. The molecular weight excluding hydrogens is 464 g/mol. The Morgan fingerprint density at radius 2 is 1.69 bits per heavy atom. The van der Waals surface area contributed by atoms with Gasteiger partial charge >= 0.3 is 5.63 Å². The highest BCUT2D eigenvalue weighted by Gasteiger charge is 2.33. The van der Waals surface area contributed by atoms with Crippen LogP contribution in [0.25, 0.3) is 11.0 Å². The number of ether oxygens (including phenoxy) is 3. The van der Waals surface area contributed by atoms with E-state index in [4.69, 9.17) is 18.6 Å². The third kappa shape index (κ3) is 4.14. The van der Waals surface area contributed by atoms with Crippen LogP contribution >= 0.6 is 0 Å². The zero-order valence-electron chi connectivity index (χ0n) is 19.7. The van der Waals surface area contributed by atoms with Crippen molar-refractivity contribution in [1.82, 2.24) is 9.80 Å². The van der Waals surface area contributed by atoms with Gasteiger partial charge in [0.2, 0.25) is 6.10 Å². The minimum absolute atomic E-state index is 0.134. The van der Waals surface area contributed by atoms with Crippen molar-refractivity contribution >= 4 is 22.8 Å². The van der Waals surface area contributed by atoms with Crippen LogP contribution < -0.4 is 19.8 Å². The van der Waals surface area contributed by atoms with Crippen molar-refractivity contribution in [3.63, 3.8) is 0 Å². The van der Waals surface area contributed by atoms with Crippen LogP contribution in [0.4, 0.5) is 0 Å². The number of carbonyl (C=O) groups excluding carboxylic acids is 2. The number of para-hydroxylation sites is 2. The van der Waals surface area contributed by atoms with Gasteiger partial charge in [0.15, 0.2) is 18.1 Å². The second kappa shape index (κ2) is 9.22. The van der Waals surface area contributed by atoms with Crippen LogP contribution in [0.15, 0.2) is 51.7 Å². The molecule has 9 nitrogen and oxygen atoms in total. The van der Waals surface area contributed by atoms with Crippen LogP contribution in [0.3, 0.4) is 0 Å². The van der Waals surface area contributed by atoms with E-state index in [2.05, 4.69) is 0 Å². The maximum atomic E-state index is 12.9. The third-order valence-electron chi connectivity index (χ3n) is 7.04. The minimum Gasteiger partial charge on any atom is -0.485 e. The van der Waals surface area contributed by atoms with Gasteiger partial charge in [-0.15, -0.1) is 0 Å². The third-order valence-corrected chi connectivity index (χ3v) is 7.04. The molecule has 2 aliphatic heterocycles. The summed E-state index contributed by atoms with van der Waals surface area (Å²) in [5, 5.41) is 0.928. The Balaban J connectivity index is 1.03. The highest BCUT2D eigenvalue weighted by atomic mass is 16.6. The lowest BCUT2D eigenvalue weighted by molar-refractivity contribution is -0.146. The molecule has 0 radical (unpaired) electrons. The van der Waals surface area contributed by atoms with Crippen molar-refractivity contribution in [2.45, 2.75) is 25.4 Å². The van der Waals surface area contributed by atoms with Crippen LogP contribution in [0, 0.1) is 0 Å². The Kier molecular flexibility index (Phi) is 5.75. The summed E-state index contributed by atoms with van der Waals surface area (Å²) >= 11 is 0. The van der Waals surface area contributed by atoms with E-state index in [-0.39, 0.29) is 30.7 Å². The number of hydrogen-bond acceptors (Lipinski definition) is 7. The van der Waals surface area contributed by atoms with Gasteiger partial charge in [-0.2, -0.15) is 0 Å². The average Bonchev–Trinajstić information content (AvgIpc) is 3.42. The van der Waals surface area contributed by atoms with Crippen LogP contribution in [0.2, 0.25) is 0 Å². The molecule has 0 N–H and O–H groups in total. The van der Waals surface area contributed by atoms with Gasteiger partial charge in [-0.3, -0.25) is 9.59 Å². The van der Waals surface area contributed by atoms with Crippen molar-refractivity contribution < 1.29 is 28.2 Å². The molecule has 9 heteroatoms. The van der Waals surface area contributed by atoms with Gasteiger partial charge in [0.05, 0.1) is 0 Å². The Bertz CT molecular complexity index is 1390. The number of piperazine rings is 1. The Labute approximate surface area is 207 Å². The second-order valence-electron chi connectivity index (χ2n) is 9.22. The van der Waals surface area contributed by atoms with Gasteiger partial charge in [-0.1, -0.05) is 12.1 Å². The summed E-state index contributed by atoms with van der Waals surface area (Å²) < 4.78 is 22.7. The molecule has 2 amide bonds. The van der Waals surface area contributed by atoms with Crippen LogP contribution in [-0.2, 0) is 22.4 Å². The molecule has 0 unspecified atom stereocenters. The fourth-order valence-corrected chi connectivity index (χ4v) is 5.11. The molecule has 1 aliphatic carbocycles. The van der Waals surface area contributed by atoms with Gasteiger partial charge in [-0.05, 0) is 49.1 Å². The number of nitrogens with zero attached hydrogens (tertiary/aromatic N) is 2. The quantitative estimate of drug-likeness (QED) is 0.517. The molecule has 36 heavy (non-hydrogen) atoms. The fourth-order valence-electron chi connectivity index (χ4n) is 5.11. The molecule has 2 aromatic carbocycles.